The van der Waals surface area contributed by atoms with Crippen LogP contribution in [0.4, 0.5) is 0 Å². The van der Waals surface area contributed by atoms with Gasteiger partial charge >= 0.3 is 0 Å². The minimum Gasteiger partial charge on any atom is -0.309 e. The molecule has 0 aromatic heterocycles. The average molecular weight is 305 g/mol. The molecule has 21 heavy (non-hydrogen) atoms. The van der Waals surface area contributed by atoms with Crippen molar-refractivity contribution in [3.8, 4) is 0 Å². The Morgan fingerprint density at radius 1 is 1.33 bits per heavy atom. The second-order valence-electron chi connectivity index (χ2n) is 7.56. The molecule has 0 bridgehead atoms. The molecule has 0 radical (unpaired) electrons. The minimum absolute atomic E-state index is 0.238. The SMILES string of the molecule is CC(C)C1CNC(C)(C)CN1CC1Cc2ccccc2S1. The molecular formula is C18H28N2S. The van der Waals surface area contributed by atoms with Gasteiger partial charge in [-0.3, -0.25) is 4.90 Å². The molecule has 1 aromatic rings. The van der Waals surface area contributed by atoms with Crippen LogP contribution >= 0.6 is 11.8 Å². The van der Waals surface area contributed by atoms with E-state index in [2.05, 4.69) is 73.9 Å². The Hall–Kier alpha value is -0.510. The third-order valence-corrected chi connectivity index (χ3v) is 6.08. The molecule has 3 rings (SSSR count). The highest BCUT2D eigenvalue weighted by molar-refractivity contribution is 8.00. The predicted molar refractivity (Wildman–Crippen MR) is 92.1 cm³/mol. The third kappa shape index (κ3) is 3.46. The number of benzene rings is 1. The number of hydrogen-bond donors (Lipinski definition) is 1. The summed E-state index contributed by atoms with van der Waals surface area (Å²) in [5.74, 6) is 0.711. The van der Waals surface area contributed by atoms with Gasteiger partial charge in [0, 0.05) is 41.4 Å². The van der Waals surface area contributed by atoms with Gasteiger partial charge in [-0.05, 0) is 37.8 Å². The topological polar surface area (TPSA) is 15.3 Å². The molecule has 0 aliphatic carbocycles. The fraction of sp³-hybridized carbons (Fsp3) is 0.667. The molecule has 2 atom stereocenters. The summed E-state index contributed by atoms with van der Waals surface area (Å²) < 4.78 is 0. The highest BCUT2D eigenvalue weighted by Crippen LogP contribution is 2.37. The second-order valence-corrected chi connectivity index (χ2v) is 8.90. The number of hydrogen-bond acceptors (Lipinski definition) is 3. The van der Waals surface area contributed by atoms with Crippen LogP contribution in [0.15, 0.2) is 29.2 Å². The summed E-state index contributed by atoms with van der Waals surface area (Å²) in [6, 6.07) is 9.58. The fourth-order valence-electron chi connectivity index (χ4n) is 3.67. The van der Waals surface area contributed by atoms with Crippen molar-refractivity contribution < 1.29 is 0 Å². The van der Waals surface area contributed by atoms with Gasteiger partial charge in [0.2, 0.25) is 0 Å². The summed E-state index contributed by atoms with van der Waals surface area (Å²) in [4.78, 5) is 4.24. The molecule has 1 saturated heterocycles. The summed E-state index contributed by atoms with van der Waals surface area (Å²) in [5, 5.41) is 4.43. The molecule has 2 unspecified atom stereocenters. The molecule has 2 heterocycles. The zero-order chi connectivity index (χ0) is 15.0. The standard InChI is InChI=1S/C18H28N2S/c1-13(2)16-10-19-18(3,4)12-20(16)11-15-9-14-7-5-6-8-17(14)21-15/h5-8,13,15-16,19H,9-12H2,1-4H3. The summed E-state index contributed by atoms with van der Waals surface area (Å²) in [5.41, 5.74) is 1.78. The molecule has 3 heteroatoms. The normalized spacial score (nSPS) is 28.8. The van der Waals surface area contributed by atoms with Crippen molar-refractivity contribution in [1.29, 1.82) is 0 Å². The first-order chi connectivity index (χ1) is 9.94. The average Bonchev–Trinajstić information content (AvgIpc) is 2.79. The van der Waals surface area contributed by atoms with E-state index in [1.165, 1.54) is 17.9 Å². The summed E-state index contributed by atoms with van der Waals surface area (Å²) in [7, 11) is 0. The Bertz CT molecular complexity index is 473. The second kappa shape index (κ2) is 5.94. The molecular weight excluding hydrogens is 276 g/mol. The number of fused-ring (bicyclic) bond motifs is 1. The van der Waals surface area contributed by atoms with Gasteiger partial charge < -0.3 is 5.32 Å². The number of rotatable bonds is 3. The molecule has 1 N–H and O–H groups in total. The van der Waals surface area contributed by atoms with Crippen molar-refractivity contribution in [2.75, 3.05) is 19.6 Å². The van der Waals surface area contributed by atoms with Crippen molar-refractivity contribution >= 4 is 11.8 Å². The van der Waals surface area contributed by atoms with Gasteiger partial charge in [0.1, 0.15) is 0 Å². The molecule has 1 fully saturated rings. The zero-order valence-electron chi connectivity index (χ0n) is 13.7. The van der Waals surface area contributed by atoms with E-state index in [9.17, 15) is 0 Å². The van der Waals surface area contributed by atoms with Gasteiger partial charge in [-0.1, -0.05) is 32.0 Å². The first kappa shape index (κ1) is 15.4. The molecule has 0 saturated carbocycles. The smallest absolute Gasteiger partial charge is 0.0263 e. The Labute approximate surface area is 133 Å². The molecule has 0 spiro atoms. The van der Waals surface area contributed by atoms with E-state index in [1.807, 2.05) is 0 Å². The van der Waals surface area contributed by atoms with Gasteiger partial charge in [0.15, 0.2) is 0 Å². The molecule has 1 aromatic carbocycles. The van der Waals surface area contributed by atoms with Crippen LogP contribution in [0.2, 0.25) is 0 Å². The van der Waals surface area contributed by atoms with Crippen LogP contribution in [0.1, 0.15) is 33.3 Å². The van der Waals surface area contributed by atoms with Crippen molar-refractivity contribution in [1.82, 2.24) is 10.2 Å². The van der Waals surface area contributed by atoms with E-state index < -0.39 is 0 Å². The van der Waals surface area contributed by atoms with Crippen molar-refractivity contribution in [2.24, 2.45) is 5.92 Å². The quantitative estimate of drug-likeness (QED) is 0.921. The molecule has 2 aliphatic rings. The van der Waals surface area contributed by atoms with Gasteiger partial charge in [-0.2, -0.15) is 0 Å². The maximum Gasteiger partial charge on any atom is 0.0263 e. The highest BCUT2D eigenvalue weighted by Gasteiger charge is 2.36. The van der Waals surface area contributed by atoms with E-state index >= 15 is 0 Å². The summed E-state index contributed by atoms with van der Waals surface area (Å²) in [6.07, 6.45) is 1.23. The van der Waals surface area contributed by atoms with Gasteiger partial charge in [-0.15, -0.1) is 11.8 Å². The minimum atomic E-state index is 0.238. The summed E-state index contributed by atoms with van der Waals surface area (Å²) >= 11 is 2.08. The van der Waals surface area contributed by atoms with Crippen LogP contribution in [0.3, 0.4) is 0 Å². The Morgan fingerprint density at radius 3 is 2.81 bits per heavy atom. The maximum atomic E-state index is 3.71. The molecule has 116 valence electrons. The van der Waals surface area contributed by atoms with Gasteiger partial charge in [0.25, 0.3) is 0 Å². The molecule has 2 nitrogen and oxygen atoms in total. The number of nitrogens with zero attached hydrogens (tertiary/aromatic N) is 1. The van der Waals surface area contributed by atoms with E-state index in [0.717, 1.165) is 18.3 Å². The number of thioether (sulfide) groups is 1. The zero-order valence-corrected chi connectivity index (χ0v) is 14.5. The Kier molecular flexibility index (Phi) is 4.35. The van der Waals surface area contributed by atoms with Crippen LogP contribution in [-0.2, 0) is 6.42 Å². The van der Waals surface area contributed by atoms with Crippen molar-refractivity contribution in [3.05, 3.63) is 29.8 Å². The van der Waals surface area contributed by atoms with Crippen LogP contribution in [-0.4, -0.2) is 41.4 Å². The lowest BCUT2D eigenvalue weighted by Gasteiger charge is -2.47. The monoisotopic (exact) mass is 304 g/mol. The van der Waals surface area contributed by atoms with Gasteiger partial charge in [-0.25, -0.2) is 0 Å². The third-order valence-electron chi connectivity index (χ3n) is 4.78. The van der Waals surface area contributed by atoms with Crippen LogP contribution in [0, 0.1) is 5.92 Å². The largest absolute Gasteiger partial charge is 0.309 e. The first-order valence-corrected chi connectivity index (χ1v) is 9.06. The van der Waals surface area contributed by atoms with Crippen LogP contribution in [0.25, 0.3) is 0 Å². The Morgan fingerprint density at radius 2 is 2.10 bits per heavy atom. The fourth-order valence-corrected chi connectivity index (χ4v) is 5.01. The van der Waals surface area contributed by atoms with Crippen molar-refractivity contribution in [2.45, 2.75) is 55.8 Å². The van der Waals surface area contributed by atoms with Gasteiger partial charge in [0.05, 0.1) is 0 Å². The summed E-state index contributed by atoms with van der Waals surface area (Å²) in [6.45, 7) is 12.9. The lowest BCUT2D eigenvalue weighted by atomic mass is 9.92. The van der Waals surface area contributed by atoms with E-state index in [0.29, 0.717) is 12.0 Å². The van der Waals surface area contributed by atoms with E-state index in [4.69, 9.17) is 0 Å². The predicted octanol–water partition coefficient (Wildman–Crippen LogP) is 3.41. The highest BCUT2D eigenvalue weighted by atomic mass is 32.2. The number of piperazine rings is 1. The van der Waals surface area contributed by atoms with Crippen molar-refractivity contribution in [3.63, 3.8) is 0 Å². The van der Waals surface area contributed by atoms with E-state index in [1.54, 1.807) is 5.56 Å². The van der Waals surface area contributed by atoms with Crippen LogP contribution in [0.5, 0.6) is 0 Å². The number of nitrogens with one attached hydrogen (secondary N) is 1. The lowest BCUT2D eigenvalue weighted by molar-refractivity contribution is 0.0701. The Balaban J connectivity index is 1.68. The molecule has 0 amide bonds. The van der Waals surface area contributed by atoms with E-state index in [-0.39, 0.29) is 5.54 Å². The van der Waals surface area contributed by atoms with Crippen LogP contribution < -0.4 is 5.32 Å². The maximum absolute atomic E-state index is 3.71. The molecule has 2 aliphatic heterocycles. The first-order valence-electron chi connectivity index (χ1n) is 8.18. The lowest BCUT2D eigenvalue weighted by Crippen LogP contribution is -2.63.